The zero-order chi connectivity index (χ0) is 22.3. The first-order chi connectivity index (χ1) is 14.1. The van der Waals surface area contributed by atoms with Crippen LogP contribution in [0.15, 0.2) is 60.7 Å². The Labute approximate surface area is 174 Å². The fourth-order valence-electron chi connectivity index (χ4n) is 3.03. The van der Waals surface area contributed by atoms with Gasteiger partial charge in [-0.3, -0.25) is 9.59 Å². The molecular formula is C23H25F3O4. The highest BCUT2D eigenvalue weighted by molar-refractivity contribution is 5.75. The normalized spacial score (nSPS) is 15.5. The number of benzene rings is 2. The van der Waals surface area contributed by atoms with Crippen LogP contribution >= 0.6 is 0 Å². The molecule has 0 saturated carbocycles. The minimum absolute atomic E-state index is 0.665. The number of carbonyl (C=O) groups is 2. The molecule has 0 aliphatic heterocycles. The molecule has 0 unspecified atom stereocenters. The topological polar surface area (TPSA) is 52.6 Å². The highest BCUT2D eigenvalue weighted by Crippen LogP contribution is 2.36. The molecule has 2 aromatic rings. The number of hydrogen-bond acceptors (Lipinski definition) is 4. The van der Waals surface area contributed by atoms with Crippen molar-refractivity contribution in [3.8, 4) is 0 Å². The van der Waals surface area contributed by atoms with Crippen molar-refractivity contribution in [1.82, 2.24) is 0 Å². The molecule has 2 rings (SSSR count). The van der Waals surface area contributed by atoms with Gasteiger partial charge in [-0.25, -0.2) is 0 Å². The molecule has 0 aromatic heterocycles. The summed E-state index contributed by atoms with van der Waals surface area (Å²) >= 11 is 0. The first-order valence-electron chi connectivity index (χ1n) is 9.66. The van der Waals surface area contributed by atoms with Gasteiger partial charge >= 0.3 is 18.1 Å². The molecule has 0 radical (unpaired) electrons. The third-order valence-electron chi connectivity index (χ3n) is 4.92. The minimum Gasteiger partial charge on any atom is -0.458 e. The van der Waals surface area contributed by atoms with Crippen LogP contribution in [0.1, 0.15) is 50.5 Å². The standard InChI is InChI=1S/C23H25F3O4/c1-15(22(28)30-17(3)19-12-8-5-9-13-19)20(23(24,25)26)14-21(27)29-16(2)18-10-6-4-7-11-18/h4-13,15-17,20H,14H2,1-3H3/t15-,16-,17-,20-/m0/s1. The second-order valence-electron chi connectivity index (χ2n) is 7.17. The molecular weight excluding hydrogens is 397 g/mol. The third-order valence-corrected chi connectivity index (χ3v) is 4.92. The fourth-order valence-corrected chi connectivity index (χ4v) is 3.03. The number of carbonyl (C=O) groups excluding carboxylic acids is 2. The number of halogens is 3. The molecule has 2 aromatic carbocycles. The third kappa shape index (κ3) is 6.61. The van der Waals surface area contributed by atoms with Crippen LogP contribution in [0, 0.1) is 11.8 Å². The van der Waals surface area contributed by atoms with E-state index >= 15 is 0 Å². The van der Waals surface area contributed by atoms with E-state index in [9.17, 15) is 22.8 Å². The highest BCUT2D eigenvalue weighted by Gasteiger charge is 2.47. The number of esters is 2. The zero-order valence-corrected chi connectivity index (χ0v) is 17.1. The Hall–Kier alpha value is -2.83. The molecule has 0 saturated heterocycles. The number of alkyl halides is 3. The second-order valence-corrected chi connectivity index (χ2v) is 7.17. The van der Waals surface area contributed by atoms with Gasteiger partial charge in [-0.15, -0.1) is 0 Å². The van der Waals surface area contributed by atoms with Crippen LogP contribution in [-0.2, 0) is 19.1 Å². The molecule has 7 heteroatoms. The van der Waals surface area contributed by atoms with Gasteiger partial charge in [0.05, 0.1) is 18.3 Å². The van der Waals surface area contributed by atoms with E-state index < -0.39 is 48.6 Å². The Balaban J connectivity index is 2.03. The average molecular weight is 422 g/mol. The maximum absolute atomic E-state index is 13.6. The van der Waals surface area contributed by atoms with Crippen molar-refractivity contribution in [3.63, 3.8) is 0 Å². The summed E-state index contributed by atoms with van der Waals surface area (Å²) in [5.74, 6) is -5.80. The van der Waals surface area contributed by atoms with Gasteiger partial charge in [0.25, 0.3) is 0 Å². The Morgan fingerprint density at radius 1 is 0.800 bits per heavy atom. The molecule has 0 heterocycles. The Kier molecular flexibility index (Phi) is 8.03. The molecule has 30 heavy (non-hydrogen) atoms. The largest absolute Gasteiger partial charge is 0.458 e. The zero-order valence-electron chi connectivity index (χ0n) is 17.1. The van der Waals surface area contributed by atoms with Crippen molar-refractivity contribution < 1.29 is 32.2 Å². The predicted octanol–water partition coefficient (Wildman–Crippen LogP) is 5.80. The van der Waals surface area contributed by atoms with Crippen LogP contribution in [0.25, 0.3) is 0 Å². The minimum atomic E-state index is -4.76. The van der Waals surface area contributed by atoms with Crippen molar-refractivity contribution >= 4 is 11.9 Å². The summed E-state index contributed by atoms with van der Waals surface area (Å²) in [5, 5.41) is 0. The van der Waals surface area contributed by atoms with Crippen molar-refractivity contribution in [3.05, 3.63) is 71.8 Å². The average Bonchev–Trinajstić information content (AvgIpc) is 2.71. The van der Waals surface area contributed by atoms with Crippen molar-refractivity contribution in [1.29, 1.82) is 0 Å². The summed E-state index contributed by atoms with van der Waals surface area (Å²) in [6.45, 7) is 4.28. The number of ether oxygens (including phenoxy) is 2. The van der Waals surface area contributed by atoms with Gasteiger partial charge < -0.3 is 9.47 Å². The van der Waals surface area contributed by atoms with Crippen molar-refractivity contribution in [2.75, 3.05) is 0 Å². The maximum atomic E-state index is 13.6. The Morgan fingerprint density at radius 3 is 1.67 bits per heavy atom. The van der Waals surface area contributed by atoms with Gasteiger partial charge in [-0.1, -0.05) is 67.6 Å². The van der Waals surface area contributed by atoms with Crippen LogP contribution in [0.4, 0.5) is 13.2 Å². The van der Waals surface area contributed by atoms with E-state index in [0.29, 0.717) is 11.1 Å². The molecule has 162 valence electrons. The van der Waals surface area contributed by atoms with Crippen molar-refractivity contribution in [2.24, 2.45) is 11.8 Å². The van der Waals surface area contributed by atoms with E-state index in [1.807, 2.05) is 0 Å². The first kappa shape index (κ1) is 23.4. The number of hydrogen-bond donors (Lipinski definition) is 0. The highest BCUT2D eigenvalue weighted by atomic mass is 19.4. The SMILES string of the molecule is C[C@H](OC(=O)C[C@@H]([C@H](C)C(=O)O[C@@H](C)c1ccccc1)C(F)(F)F)c1ccccc1. The lowest BCUT2D eigenvalue weighted by molar-refractivity contribution is -0.204. The second kappa shape index (κ2) is 10.3. The molecule has 0 bridgehead atoms. The molecule has 0 amide bonds. The molecule has 0 fully saturated rings. The summed E-state index contributed by atoms with van der Waals surface area (Å²) in [7, 11) is 0. The summed E-state index contributed by atoms with van der Waals surface area (Å²) in [5.41, 5.74) is 1.33. The lowest BCUT2D eigenvalue weighted by atomic mass is 9.90. The quantitative estimate of drug-likeness (QED) is 0.505. The smallest absolute Gasteiger partial charge is 0.393 e. The summed E-state index contributed by atoms with van der Waals surface area (Å²) in [4.78, 5) is 24.5. The van der Waals surface area contributed by atoms with E-state index in [-0.39, 0.29) is 0 Å². The number of rotatable bonds is 8. The van der Waals surface area contributed by atoms with Crippen LogP contribution in [-0.4, -0.2) is 18.1 Å². The first-order valence-corrected chi connectivity index (χ1v) is 9.66. The van der Waals surface area contributed by atoms with E-state index in [1.165, 1.54) is 0 Å². The van der Waals surface area contributed by atoms with Crippen LogP contribution in [0.5, 0.6) is 0 Å². The van der Waals surface area contributed by atoms with Gasteiger partial charge in [0.1, 0.15) is 12.2 Å². The van der Waals surface area contributed by atoms with E-state index in [2.05, 4.69) is 0 Å². The summed E-state index contributed by atoms with van der Waals surface area (Å²) in [6, 6.07) is 17.4. The molecule has 0 N–H and O–H groups in total. The van der Waals surface area contributed by atoms with Gasteiger partial charge in [0, 0.05) is 0 Å². The Morgan fingerprint density at radius 2 is 1.23 bits per heavy atom. The molecule has 4 nitrogen and oxygen atoms in total. The summed E-state index contributed by atoms with van der Waals surface area (Å²) in [6.07, 6.45) is -7.13. The lowest BCUT2D eigenvalue weighted by Gasteiger charge is -2.26. The monoisotopic (exact) mass is 422 g/mol. The van der Waals surface area contributed by atoms with Crippen LogP contribution in [0.2, 0.25) is 0 Å². The fraction of sp³-hybridized carbons (Fsp3) is 0.391. The molecule has 0 aliphatic rings. The van der Waals surface area contributed by atoms with E-state index in [1.54, 1.807) is 74.5 Å². The van der Waals surface area contributed by atoms with Gasteiger partial charge in [0.15, 0.2) is 0 Å². The maximum Gasteiger partial charge on any atom is 0.393 e. The molecule has 0 spiro atoms. The van der Waals surface area contributed by atoms with Gasteiger partial charge in [-0.05, 0) is 25.0 Å². The van der Waals surface area contributed by atoms with Gasteiger partial charge in [-0.2, -0.15) is 13.2 Å². The molecule has 0 aliphatic carbocycles. The molecule has 4 atom stereocenters. The summed E-state index contributed by atoms with van der Waals surface area (Å²) < 4.78 is 51.2. The van der Waals surface area contributed by atoms with E-state index in [0.717, 1.165) is 6.92 Å². The lowest BCUT2D eigenvalue weighted by Crippen LogP contribution is -2.36. The predicted molar refractivity (Wildman–Crippen MR) is 105 cm³/mol. The van der Waals surface area contributed by atoms with Gasteiger partial charge in [0.2, 0.25) is 0 Å². The Bertz CT molecular complexity index is 821. The van der Waals surface area contributed by atoms with E-state index in [4.69, 9.17) is 9.47 Å². The van der Waals surface area contributed by atoms with Crippen molar-refractivity contribution in [2.45, 2.75) is 45.6 Å². The van der Waals surface area contributed by atoms with Crippen LogP contribution in [0.3, 0.4) is 0 Å². The van der Waals surface area contributed by atoms with Crippen LogP contribution < -0.4 is 0 Å².